The highest BCUT2D eigenvalue weighted by atomic mass is 16.6. The minimum Gasteiger partial charge on any atom is -0.376 e. The van der Waals surface area contributed by atoms with Crippen LogP contribution in [-0.2, 0) is 0 Å². The molecule has 1 aliphatic rings. The molecular weight excluding hydrogens is 270 g/mol. The Labute approximate surface area is 123 Å². The van der Waals surface area contributed by atoms with Crippen LogP contribution >= 0.6 is 0 Å². The van der Waals surface area contributed by atoms with Gasteiger partial charge in [-0.3, -0.25) is 14.9 Å². The summed E-state index contributed by atoms with van der Waals surface area (Å²) >= 11 is 0. The lowest BCUT2D eigenvalue weighted by molar-refractivity contribution is -0.384. The standard InChI is InChI=1S/C15H19N3O3/c1-10(2)16-15(19)11-7-8-13(14(9-11)18(20)21)17-12-5-3-4-6-12/h3-4,7-10,12,17H,5-6H2,1-2H3,(H,16,19). The van der Waals surface area contributed by atoms with Gasteiger partial charge in [-0.1, -0.05) is 12.2 Å². The molecule has 6 heteroatoms. The van der Waals surface area contributed by atoms with E-state index >= 15 is 0 Å². The minimum absolute atomic E-state index is 0.0149. The van der Waals surface area contributed by atoms with Crippen molar-refractivity contribution in [2.75, 3.05) is 5.32 Å². The van der Waals surface area contributed by atoms with Crippen molar-refractivity contribution in [1.82, 2.24) is 5.32 Å². The van der Waals surface area contributed by atoms with Crippen molar-refractivity contribution >= 4 is 17.3 Å². The van der Waals surface area contributed by atoms with Crippen molar-refractivity contribution in [2.45, 2.75) is 38.8 Å². The van der Waals surface area contributed by atoms with Crippen LogP contribution in [0.25, 0.3) is 0 Å². The second-order valence-corrected chi connectivity index (χ2v) is 5.40. The Morgan fingerprint density at radius 3 is 2.57 bits per heavy atom. The summed E-state index contributed by atoms with van der Waals surface area (Å²) in [6.45, 7) is 3.69. The Morgan fingerprint density at radius 2 is 2.00 bits per heavy atom. The van der Waals surface area contributed by atoms with Crippen molar-refractivity contribution in [2.24, 2.45) is 0 Å². The summed E-state index contributed by atoms with van der Waals surface area (Å²) in [4.78, 5) is 22.7. The third-order valence-corrected chi connectivity index (χ3v) is 3.24. The summed E-state index contributed by atoms with van der Waals surface area (Å²) in [5.74, 6) is -0.304. The van der Waals surface area contributed by atoms with Crippen LogP contribution in [0.3, 0.4) is 0 Å². The second-order valence-electron chi connectivity index (χ2n) is 5.40. The van der Waals surface area contributed by atoms with Crippen molar-refractivity contribution in [3.8, 4) is 0 Å². The molecule has 0 bridgehead atoms. The molecule has 0 atom stereocenters. The lowest BCUT2D eigenvalue weighted by Crippen LogP contribution is -2.30. The fourth-order valence-electron chi connectivity index (χ4n) is 2.25. The van der Waals surface area contributed by atoms with E-state index in [1.165, 1.54) is 6.07 Å². The minimum atomic E-state index is -0.461. The zero-order valence-electron chi connectivity index (χ0n) is 12.1. The van der Waals surface area contributed by atoms with E-state index in [-0.39, 0.29) is 23.7 Å². The summed E-state index contributed by atoms with van der Waals surface area (Å²) in [5, 5.41) is 17.1. The number of nitrogens with zero attached hydrogens (tertiary/aromatic N) is 1. The van der Waals surface area contributed by atoms with Gasteiger partial charge in [0.2, 0.25) is 0 Å². The highest BCUT2D eigenvalue weighted by Crippen LogP contribution is 2.28. The number of nitrogens with one attached hydrogen (secondary N) is 2. The van der Waals surface area contributed by atoms with E-state index in [0.717, 1.165) is 12.8 Å². The number of nitro benzene ring substituents is 1. The van der Waals surface area contributed by atoms with Crippen molar-refractivity contribution < 1.29 is 9.72 Å². The highest BCUT2D eigenvalue weighted by molar-refractivity contribution is 5.95. The van der Waals surface area contributed by atoms with Crippen molar-refractivity contribution in [1.29, 1.82) is 0 Å². The largest absolute Gasteiger partial charge is 0.376 e. The highest BCUT2D eigenvalue weighted by Gasteiger charge is 2.20. The molecule has 0 heterocycles. The Kier molecular flexibility index (Phi) is 4.57. The number of anilines is 1. The predicted octanol–water partition coefficient (Wildman–Crippen LogP) is 2.86. The van der Waals surface area contributed by atoms with Gasteiger partial charge in [0, 0.05) is 23.7 Å². The van der Waals surface area contributed by atoms with Gasteiger partial charge in [0.15, 0.2) is 0 Å². The molecule has 2 rings (SSSR count). The molecule has 0 aliphatic heterocycles. The summed E-state index contributed by atoms with van der Waals surface area (Å²) in [5.41, 5.74) is 0.679. The smallest absolute Gasteiger partial charge is 0.293 e. The number of amides is 1. The van der Waals surface area contributed by atoms with Gasteiger partial charge < -0.3 is 10.6 Å². The van der Waals surface area contributed by atoms with Gasteiger partial charge in [-0.2, -0.15) is 0 Å². The molecule has 0 aromatic heterocycles. The summed E-state index contributed by atoms with van der Waals surface area (Å²) in [6, 6.07) is 4.70. The van der Waals surface area contributed by atoms with Gasteiger partial charge in [0.1, 0.15) is 5.69 Å². The molecule has 0 spiro atoms. The van der Waals surface area contributed by atoms with Gasteiger partial charge >= 0.3 is 0 Å². The number of carbonyl (C=O) groups excluding carboxylic acids is 1. The number of hydrogen-bond donors (Lipinski definition) is 2. The molecule has 112 valence electrons. The van der Waals surface area contributed by atoms with Gasteiger partial charge in [-0.15, -0.1) is 0 Å². The normalized spacial score (nSPS) is 14.4. The fourth-order valence-corrected chi connectivity index (χ4v) is 2.25. The van der Waals surface area contributed by atoms with Crippen LogP contribution in [0.2, 0.25) is 0 Å². The van der Waals surface area contributed by atoms with Crippen LogP contribution in [0.1, 0.15) is 37.0 Å². The maximum atomic E-state index is 11.9. The van der Waals surface area contributed by atoms with E-state index in [4.69, 9.17) is 0 Å². The third kappa shape index (κ3) is 3.81. The molecule has 1 aromatic carbocycles. The van der Waals surface area contributed by atoms with E-state index in [9.17, 15) is 14.9 Å². The molecule has 0 fully saturated rings. The van der Waals surface area contributed by atoms with Crippen molar-refractivity contribution in [3.63, 3.8) is 0 Å². The van der Waals surface area contributed by atoms with Crippen LogP contribution in [0.4, 0.5) is 11.4 Å². The summed E-state index contributed by atoms with van der Waals surface area (Å²) < 4.78 is 0. The van der Waals surface area contributed by atoms with Crippen LogP contribution in [0, 0.1) is 10.1 Å². The lowest BCUT2D eigenvalue weighted by atomic mass is 10.1. The van der Waals surface area contributed by atoms with Crippen molar-refractivity contribution in [3.05, 3.63) is 46.0 Å². The van der Waals surface area contributed by atoms with E-state index in [1.54, 1.807) is 12.1 Å². The van der Waals surface area contributed by atoms with Crippen LogP contribution in [0.5, 0.6) is 0 Å². The SMILES string of the molecule is CC(C)NC(=O)c1ccc(NC2CC=CC2)c([N+](=O)[O-])c1. The molecule has 1 aliphatic carbocycles. The molecule has 0 saturated heterocycles. The van der Waals surface area contributed by atoms with Gasteiger partial charge in [-0.05, 0) is 38.8 Å². The maximum Gasteiger partial charge on any atom is 0.293 e. The first-order chi connectivity index (χ1) is 9.97. The number of carbonyl (C=O) groups is 1. The van der Waals surface area contributed by atoms with Gasteiger partial charge in [0.05, 0.1) is 4.92 Å². The number of benzene rings is 1. The summed E-state index contributed by atoms with van der Waals surface area (Å²) in [6.07, 6.45) is 5.81. The topological polar surface area (TPSA) is 84.3 Å². The van der Waals surface area contributed by atoms with Crippen LogP contribution < -0.4 is 10.6 Å². The maximum absolute atomic E-state index is 11.9. The first-order valence-electron chi connectivity index (χ1n) is 6.98. The zero-order chi connectivity index (χ0) is 15.4. The molecule has 0 radical (unpaired) electrons. The first kappa shape index (κ1) is 15.0. The Bertz CT molecular complexity index is 574. The monoisotopic (exact) mass is 289 g/mol. The van der Waals surface area contributed by atoms with Crippen LogP contribution in [-0.4, -0.2) is 22.9 Å². The Balaban J connectivity index is 2.22. The first-order valence-corrected chi connectivity index (χ1v) is 6.98. The average Bonchev–Trinajstić information content (AvgIpc) is 2.91. The number of hydrogen-bond acceptors (Lipinski definition) is 4. The van der Waals surface area contributed by atoms with E-state index < -0.39 is 4.92 Å². The zero-order valence-corrected chi connectivity index (χ0v) is 12.1. The van der Waals surface area contributed by atoms with Crippen LogP contribution in [0.15, 0.2) is 30.4 Å². The van der Waals surface area contributed by atoms with Gasteiger partial charge in [-0.25, -0.2) is 0 Å². The molecule has 21 heavy (non-hydrogen) atoms. The number of rotatable bonds is 5. The predicted molar refractivity (Wildman–Crippen MR) is 81.5 cm³/mol. The Hall–Kier alpha value is -2.37. The molecule has 6 nitrogen and oxygen atoms in total. The fraction of sp³-hybridized carbons (Fsp3) is 0.400. The van der Waals surface area contributed by atoms with E-state index in [0.29, 0.717) is 11.3 Å². The average molecular weight is 289 g/mol. The molecule has 1 aromatic rings. The molecule has 0 unspecified atom stereocenters. The lowest BCUT2D eigenvalue weighted by Gasteiger charge is -2.14. The third-order valence-electron chi connectivity index (χ3n) is 3.24. The van der Waals surface area contributed by atoms with Gasteiger partial charge in [0.25, 0.3) is 11.6 Å². The van der Waals surface area contributed by atoms with E-state index in [1.807, 2.05) is 26.0 Å². The molecule has 0 saturated carbocycles. The Morgan fingerprint density at radius 1 is 1.33 bits per heavy atom. The molecule has 1 amide bonds. The quantitative estimate of drug-likeness (QED) is 0.496. The molecular formula is C15H19N3O3. The summed E-state index contributed by atoms with van der Waals surface area (Å²) in [7, 11) is 0. The van der Waals surface area contributed by atoms with E-state index in [2.05, 4.69) is 10.6 Å². The molecule has 2 N–H and O–H groups in total. The second kappa shape index (κ2) is 6.39. The number of nitro groups is 1.